The Morgan fingerprint density at radius 2 is 1.56 bits per heavy atom. The quantitative estimate of drug-likeness (QED) is 0.339. The zero-order chi connectivity index (χ0) is 28.6. The lowest BCUT2D eigenvalue weighted by Crippen LogP contribution is -2.54. The van der Waals surface area contributed by atoms with Crippen molar-refractivity contribution in [3.63, 3.8) is 0 Å². The van der Waals surface area contributed by atoms with Crippen molar-refractivity contribution < 1.29 is 18.0 Å². The topological polar surface area (TPSA) is 86.8 Å². The summed E-state index contributed by atoms with van der Waals surface area (Å²) in [6.07, 6.45) is 1.02. The van der Waals surface area contributed by atoms with Crippen molar-refractivity contribution in [2.45, 2.75) is 57.1 Å². The van der Waals surface area contributed by atoms with E-state index in [0.29, 0.717) is 5.02 Å². The highest BCUT2D eigenvalue weighted by Crippen LogP contribution is 2.20. The number of benzene rings is 3. The number of hydrogen-bond donors (Lipinski definition) is 1. The molecule has 208 valence electrons. The van der Waals surface area contributed by atoms with E-state index in [0.717, 1.165) is 27.4 Å². The van der Waals surface area contributed by atoms with Gasteiger partial charge in [0.05, 0.1) is 11.4 Å². The Bertz CT molecular complexity index is 1360. The third-order valence-electron chi connectivity index (χ3n) is 6.75. The number of amides is 2. The number of sulfonamides is 1. The van der Waals surface area contributed by atoms with E-state index in [1.54, 1.807) is 0 Å². The minimum atomic E-state index is -3.97. The third-order valence-corrected chi connectivity index (χ3v) is 8.82. The van der Waals surface area contributed by atoms with Crippen molar-refractivity contribution >= 4 is 33.4 Å². The van der Waals surface area contributed by atoms with Crippen LogP contribution in [0.3, 0.4) is 0 Å². The fraction of sp³-hybridized carbons (Fsp3) is 0.333. The van der Waals surface area contributed by atoms with Crippen LogP contribution in [-0.4, -0.2) is 55.1 Å². The Morgan fingerprint density at radius 1 is 0.949 bits per heavy atom. The van der Waals surface area contributed by atoms with Crippen LogP contribution in [0.5, 0.6) is 0 Å². The first-order valence-electron chi connectivity index (χ1n) is 12.9. The first kappa shape index (κ1) is 30.3. The molecule has 2 atom stereocenters. The Labute approximate surface area is 236 Å². The van der Waals surface area contributed by atoms with Crippen LogP contribution in [0, 0.1) is 6.92 Å². The van der Waals surface area contributed by atoms with Gasteiger partial charge in [-0.3, -0.25) is 9.59 Å². The smallest absolute Gasteiger partial charge is 0.243 e. The van der Waals surface area contributed by atoms with Crippen molar-refractivity contribution in [3.8, 4) is 0 Å². The second-order valence-corrected chi connectivity index (χ2v) is 12.2. The van der Waals surface area contributed by atoms with E-state index < -0.39 is 28.5 Å². The van der Waals surface area contributed by atoms with Gasteiger partial charge in [-0.25, -0.2) is 8.42 Å². The number of likely N-dealkylation sites (N-methyl/N-ethyl adjacent to an activating group) is 1. The molecule has 0 aliphatic rings. The minimum Gasteiger partial charge on any atom is -0.352 e. The Kier molecular flexibility index (Phi) is 10.7. The van der Waals surface area contributed by atoms with Crippen molar-refractivity contribution in [2.24, 2.45) is 0 Å². The van der Waals surface area contributed by atoms with Gasteiger partial charge in [-0.05, 0) is 61.2 Å². The molecule has 0 heterocycles. The first-order chi connectivity index (χ1) is 18.5. The summed E-state index contributed by atoms with van der Waals surface area (Å²) in [5.74, 6) is -0.753. The molecule has 0 saturated heterocycles. The number of rotatable bonds is 12. The fourth-order valence-electron chi connectivity index (χ4n) is 4.12. The SMILES string of the molecule is CC[C@H](C)NC(=O)[C@@H](Cc1ccccc1)N(Cc1ccccc1C)C(=O)CN(C)S(=O)(=O)c1ccc(Cl)cc1. The normalized spacial score (nSPS) is 13.1. The lowest BCUT2D eigenvalue weighted by molar-refractivity contribution is -0.141. The molecule has 0 aliphatic carbocycles. The van der Waals surface area contributed by atoms with Crippen molar-refractivity contribution in [1.29, 1.82) is 0 Å². The molecule has 0 unspecified atom stereocenters. The van der Waals surface area contributed by atoms with Crippen molar-refractivity contribution in [2.75, 3.05) is 13.6 Å². The molecule has 3 rings (SSSR count). The second-order valence-electron chi connectivity index (χ2n) is 9.69. The maximum absolute atomic E-state index is 13.9. The van der Waals surface area contributed by atoms with Crippen LogP contribution in [0.1, 0.15) is 37.0 Å². The summed E-state index contributed by atoms with van der Waals surface area (Å²) < 4.78 is 27.5. The number of aryl methyl sites for hydroxylation is 1. The predicted molar refractivity (Wildman–Crippen MR) is 155 cm³/mol. The summed E-state index contributed by atoms with van der Waals surface area (Å²) in [5, 5.41) is 3.43. The highest BCUT2D eigenvalue weighted by Gasteiger charge is 2.33. The second kappa shape index (κ2) is 13.7. The van der Waals surface area contributed by atoms with Crippen LogP contribution in [-0.2, 0) is 32.6 Å². The van der Waals surface area contributed by atoms with Gasteiger partial charge in [0, 0.05) is 31.1 Å². The van der Waals surface area contributed by atoms with Gasteiger partial charge in [0.25, 0.3) is 0 Å². The number of halogens is 1. The molecule has 0 saturated carbocycles. The van der Waals surface area contributed by atoms with Crippen LogP contribution in [0.4, 0.5) is 0 Å². The highest BCUT2D eigenvalue weighted by atomic mass is 35.5. The average molecular weight is 570 g/mol. The lowest BCUT2D eigenvalue weighted by Gasteiger charge is -2.33. The predicted octanol–water partition coefficient (Wildman–Crippen LogP) is 4.82. The van der Waals surface area contributed by atoms with Crippen LogP contribution in [0.2, 0.25) is 5.02 Å². The largest absolute Gasteiger partial charge is 0.352 e. The van der Waals surface area contributed by atoms with Crippen LogP contribution >= 0.6 is 11.6 Å². The molecule has 0 bridgehead atoms. The molecule has 0 radical (unpaired) electrons. The number of carbonyl (C=O) groups is 2. The van der Waals surface area contributed by atoms with E-state index >= 15 is 0 Å². The van der Waals surface area contributed by atoms with E-state index in [1.807, 2.05) is 75.4 Å². The van der Waals surface area contributed by atoms with Gasteiger partial charge in [0.2, 0.25) is 21.8 Å². The van der Waals surface area contributed by atoms with Gasteiger partial charge in [0.15, 0.2) is 0 Å². The van der Waals surface area contributed by atoms with Crippen molar-refractivity contribution in [1.82, 2.24) is 14.5 Å². The molecular formula is C30H36ClN3O4S. The Morgan fingerprint density at radius 3 is 2.18 bits per heavy atom. The molecule has 0 spiro atoms. The van der Waals surface area contributed by atoms with Gasteiger partial charge in [0.1, 0.15) is 6.04 Å². The van der Waals surface area contributed by atoms with E-state index in [-0.39, 0.29) is 29.8 Å². The third kappa shape index (κ3) is 8.14. The summed E-state index contributed by atoms with van der Waals surface area (Å²) in [5.41, 5.74) is 2.74. The summed E-state index contributed by atoms with van der Waals surface area (Å²) in [6, 6.07) is 22.0. The molecule has 0 aliphatic heterocycles. The average Bonchev–Trinajstić information content (AvgIpc) is 2.92. The van der Waals surface area contributed by atoms with Gasteiger partial charge in [-0.1, -0.05) is 73.1 Å². The highest BCUT2D eigenvalue weighted by molar-refractivity contribution is 7.89. The van der Waals surface area contributed by atoms with E-state index in [2.05, 4.69) is 5.32 Å². The summed E-state index contributed by atoms with van der Waals surface area (Å²) >= 11 is 5.93. The monoisotopic (exact) mass is 569 g/mol. The standard InChI is InChI=1S/C30H36ClN3O4S/c1-5-23(3)32-30(36)28(19-24-12-7-6-8-13-24)34(20-25-14-10-9-11-22(25)2)29(35)21-33(4)39(37,38)27-17-15-26(31)16-18-27/h6-18,23,28H,5,19-21H2,1-4H3,(H,32,36)/t23-,28+/m0/s1. The van der Waals surface area contributed by atoms with Crippen molar-refractivity contribution in [3.05, 3.63) is 101 Å². The zero-order valence-electron chi connectivity index (χ0n) is 22.8. The summed E-state index contributed by atoms with van der Waals surface area (Å²) in [4.78, 5) is 29.1. The molecule has 9 heteroatoms. The molecule has 1 N–H and O–H groups in total. The van der Waals surface area contributed by atoms with E-state index in [1.165, 1.54) is 36.2 Å². The molecule has 2 amide bonds. The minimum absolute atomic E-state index is 0.0306. The van der Waals surface area contributed by atoms with Gasteiger partial charge >= 0.3 is 0 Å². The lowest BCUT2D eigenvalue weighted by atomic mass is 10.0. The van der Waals surface area contributed by atoms with E-state index in [9.17, 15) is 18.0 Å². The van der Waals surface area contributed by atoms with Crippen LogP contribution < -0.4 is 5.32 Å². The van der Waals surface area contributed by atoms with E-state index in [4.69, 9.17) is 11.6 Å². The molecule has 3 aromatic rings. The van der Waals surface area contributed by atoms with Crippen LogP contribution in [0.25, 0.3) is 0 Å². The molecule has 39 heavy (non-hydrogen) atoms. The first-order valence-corrected chi connectivity index (χ1v) is 14.7. The molecular weight excluding hydrogens is 534 g/mol. The number of nitrogens with one attached hydrogen (secondary N) is 1. The molecule has 7 nitrogen and oxygen atoms in total. The number of carbonyl (C=O) groups excluding carboxylic acids is 2. The zero-order valence-corrected chi connectivity index (χ0v) is 24.4. The maximum Gasteiger partial charge on any atom is 0.243 e. The molecule has 0 fully saturated rings. The van der Waals surface area contributed by atoms with Gasteiger partial charge < -0.3 is 10.2 Å². The van der Waals surface area contributed by atoms with Gasteiger partial charge in [-0.2, -0.15) is 4.31 Å². The fourth-order valence-corrected chi connectivity index (χ4v) is 5.37. The Balaban J connectivity index is 1.99. The molecule has 3 aromatic carbocycles. The number of hydrogen-bond acceptors (Lipinski definition) is 4. The van der Waals surface area contributed by atoms with Gasteiger partial charge in [-0.15, -0.1) is 0 Å². The molecule has 0 aromatic heterocycles. The summed E-state index contributed by atoms with van der Waals surface area (Å²) in [6.45, 7) is 5.56. The Hall–Kier alpha value is -3.20. The van der Waals surface area contributed by atoms with Crippen LogP contribution in [0.15, 0.2) is 83.8 Å². The maximum atomic E-state index is 13.9. The number of nitrogens with zero attached hydrogens (tertiary/aromatic N) is 2. The summed E-state index contributed by atoms with van der Waals surface area (Å²) in [7, 11) is -2.61.